The number of rotatable bonds is 6. The average Bonchev–Trinajstić information content (AvgIpc) is 3.61. The van der Waals surface area contributed by atoms with Crippen molar-refractivity contribution in [2.24, 2.45) is 5.92 Å². The summed E-state index contributed by atoms with van der Waals surface area (Å²) in [6, 6.07) is 7.92. The molecule has 9 nitrogen and oxygen atoms in total. The summed E-state index contributed by atoms with van der Waals surface area (Å²) in [5.41, 5.74) is 0.498. The summed E-state index contributed by atoms with van der Waals surface area (Å²) in [6.07, 6.45) is 4.11. The number of benzene rings is 2. The molecule has 2 amide bonds. The van der Waals surface area contributed by atoms with Crippen LogP contribution in [0.1, 0.15) is 63.9 Å². The molecule has 9 heteroatoms. The summed E-state index contributed by atoms with van der Waals surface area (Å²) in [4.78, 5) is 31.1. The molecule has 0 aromatic heterocycles. The number of nitrogens with zero attached hydrogens (tertiary/aromatic N) is 2. The molecule has 3 aliphatic heterocycles. The number of imide groups is 1. The zero-order chi connectivity index (χ0) is 26.7. The molecule has 2 bridgehead atoms. The van der Waals surface area contributed by atoms with Crippen LogP contribution in [0.25, 0.3) is 0 Å². The average molecular weight is 533 g/mol. The Morgan fingerprint density at radius 2 is 1.95 bits per heavy atom. The number of hydrogen-bond acceptors (Lipinski definition) is 8. The highest BCUT2D eigenvalue weighted by atomic mass is 16.7. The number of aliphatic hydroxyl groups is 1. The number of phenolic OH excluding ortho intramolecular Hbond substituents is 1. The summed E-state index contributed by atoms with van der Waals surface area (Å²) < 4.78 is 17.9. The maximum Gasteiger partial charge on any atom is 0.265 e. The predicted molar refractivity (Wildman–Crippen MR) is 138 cm³/mol. The number of likely N-dealkylation sites (tertiary alicyclic amines) is 1. The molecule has 3 aliphatic carbocycles. The molecule has 0 radical (unpaired) electrons. The Kier molecular flexibility index (Phi) is 4.84. The van der Waals surface area contributed by atoms with Gasteiger partial charge in [0.05, 0.1) is 28.2 Å². The maximum atomic E-state index is 13.7. The molecule has 3 fully saturated rings. The number of phenols is 1. The fourth-order valence-corrected chi connectivity index (χ4v) is 8.53. The van der Waals surface area contributed by atoms with E-state index in [0.717, 1.165) is 30.6 Å². The van der Waals surface area contributed by atoms with Crippen LogP contribution in [-0.2, 0) is 16.6 Å². The van der Waals surface area contributed by atoms with Crippen LogP contribution in [0.5, 0.6) is 17.2 Å². The van der Waals surface area contributed by atoms with Crippen LogP contribution >= 0.6 is 0 Å². The first-order valence-electron chi connectivity index (χ1n) is 14.0. The lowest BCUT2D eigenvalue weighted by Gasteiger charge is -2.64. The van der Waals surface area contributed by atoms with E-state index in [2.05, 4.69) is 11.0 Å². The third-order valence-electron chi connectivity index (χ3n) is 10.3. The van der Waals surface area contributed by atoms with Crippen molar-refractivity contribution >= 4 is 11.8 Å². The van der Waals surface area contributed by atoms with Gasteiger partial charge in [-0.3, -0.25) is 19.4 Å². The van der Waals surface area contributed by atoms with Crippen molar-refractivity contribution in [3.63, 3.8) is 0 Å². The SMILES string of the molecule is COCOc1ccc2c3c1OC1C(N4C(=O)c5cccc(O)c5C4=O)CC[C@@]4(O)[C@@H](C2)N(CC2CC2)CC[C@]314. The molecular weight excluding hydrogens is 500 g/mol. The minimum absolute atomic E-state index is 0.0434. The lowest BCUT2D eigenvalue weighted by atomic mass is 9.48. The Labute approximate surface area is 226 Å². The van der Waals surface area contributed by atoms with E-state index in [9.17, 15) is 19.8 Å². The number of piperidine rings is 1. The van der Waals surface area contributed by atoms with Crippen molar-refractivity contribution < 1.29 is 34.0 Å². The minimum atomic E-state index is -1.07. The van der Waals surface area contributed by atoms with Gasteiger partial charge < -0.3 is 24.4 Å². The van der Waals surface area contributed by atoms with E-state index in [1.54, 1.807) is 19.2 Å². The van der Waals surface area contributed by atoms with Crippen molar-refractivity contribution in [1.82, 2.24) is 9.80 Å². The summed E-state index contributed by atoms with van der Waals surface area (Å²) >= 11 is 0. The number of carbonyl (C=O) groups is 2. The van der Waals surface area contributed by atoms with Gasteiger partial charge in [0.2, 0.25) is 0 Å². The molecule has 3 heterocycles. The molecule has 2 aromatic rings. The summed E-state index contributed by atoms with van der Waals surface area (Å²) in [5, 5.41) is 23.2. The van der Waals surface area contributed by atoms with Gasteiger partial charge in [0.25, 0.3) is 11.8 Å². The van der Waals surface area contributed by atoms with Crippen LogP contribution < -0.4 is 9.47 Å². The number of methoxy groups -OCH3 is 1. The normalized spacial score (nSPS) is 34.1. The van der Waals surface area contributed by atoms with E-state index in [1.807, 2.05) is 6.07 Å². The fraction of sp³-hybridized carbons (Fsp3) is 0.533. The Bertz CT molecular complexity index is 1420. The van der Waals surface area contributed by atoms with E-state index < -0.39 is 35.0 Å². The van der Waals surface area contributed by atoms with E-state index in [4.69, 9.17) is 14.2 Å². The third kappa shape index (κ3) is 2.90. The predicted octanol–water partition coefficient (Wildman–Crippen LogP) is 2.60. The van der Waals surface area contributed by atoms with E-state index in [1.165, 1.54) is 23.8 Å². The zero-order valence-electron chi connectivity index (χ0n) is 21.9. The second-order valence-electron chi connectivity index (χ2n) is 12.1. The smallest absolute Gasteiger partial charge is 0.265 e. The molecule has 5 atom stereocenters. The van der Waals surface area contributed by atoms with Crippen molar-refractivity contribution in [2.75, 3.05) is 27.0 Å². The van der Waals surface area contributed by atoms with Crippen LogP contribution in [0.3, 0.4) is 0 Å². The molecular formula is C30H32N2O7. The molecule has 1 spiro atoms. The quantitative estimate of drug-likeness (QED) is 0.432. The van der Waals surface area contributed by atoms with E-state index >= 15 is 0 Å². The Hall–Kier alpha value is -3.14. The maximum absolute atomic E-state index is 13.7. The van der Waals surface area contributed by atoms with Gasteiger partial charge in [-0.25, -0.2) is 0 Å². The van der Waals surface area contributed by atoms with Gasteiger partial charge in [-0.05, 0) is 74.8 Å². The Morgan fingerprint density at radius 3 is 2.72 bits per heavy atom. The molecule has 2 unspecified atom stereocenters. The van der Waals surface area contributed by atoms with Gasteiger partial charge in [-0.2, -0.15) is 0 Å². The molecule has 204 valence electrons. The van der Waals surface area contributed by atoms with Crippen LogP contribution in [0.4, 0.5) is 0 Å². The molecule has 6 aliphatic rings. The summed E-state index contributed by atoms with van der Waals surface area (Å²) in [7, 11) is 1.56. The zero-order valence-corrected chi connectivity index (χ0v) is 21.9. The number of aromatic hydroxyl groups is 1. The first-order chi connectivity index (χ1) is 18.9. The number of fused-ring (bicyclic) bond motifs is 1. The van der Waals surface area contributed by atoms with E-state index in [-0.39, 0.29) is 29.7 Å². The Morgan fingerprint density at radius 1 is 1.10 bits per heavy atom. The van der Waals surface area contributed by atoms with Crippen molar-refractivity contribution in [1.29, 1.82) is 0 Å². The van der Waals surface area contributed by atoms with E-state index in [0.29, 0.717) is 36.7 Å². The second-order valence-corrected chi connectivity index (χ2v) is 12.1. The summed E-state index contributed by atoms with van der Waals surface area (Å²) in [5.74, 6) is 0.703. The highest BCUT2D eigenvalue weighted by molar-refractivity contribution is 6.22. The molecule has 8 rings (SSSR count). The third-order valence-corrected chi connectivity index (χ3v) is 10.3. The van der Waals surface area contributed by atoms with Gasteiger partial charge in [0.15, 0.2) is 18.3 Å². The van der Waals surface area contributed by atoms with Crippen molar-refractivity contribution in [3.05, 3.63) is 52.6 Å². The number of hydrogen-bond donors (Lipinski definition) is 2. The van der Waals surface area contributed by atoms with Gasteiger partial charge in [-0.15, -0.1) is 0 Å². The summed E-state index contributed by atoms with van der Waals surface area (Å²) in [6.45, 7) is 1.86. The standard InChI is InChI=1S/C30H32N2O7/c1-37-15-38-21-8-7-17-13-22-30(36)10-9-19(32-27(34)18-3-2-4-20(33)23(18)28(32)35)26-29(30,24(17)25(21)39-26)11-12-31(22)14-16-5-6-16/h2-4,7-8,16,19,22,26,33,36H,5-6,9-15H2,1H3/t19?,22-,26?,29+,30-/m1/s1. The van der Waals surface area contributed by atoms with Gasteiger partial charge >= 0.3 is 0 Å². The Balaban J connectivity index is 1.27. The van der Waals surface area contributed by atoms with Crippen molar-refractivity contribution in [3.8, 4) is 17.2 Å². The lowest BCUT2D eigenvalue weighted by Crippen LogP contribution is -2.78. The highest BCUT2D eigenvalue weighted by Crippen LogP contribution is 2.66. The van der Waals surface area contributed by atoms with Crippen molar-refractivity contribution in [2.45, 2.75) is 67.7 Å². The molecule has 39 heavy (non-hydrogen) atoms. The lowest BCUT2D eigenvalue weighted by molar-refractivity contribution is -0.196. The minimum Gasteiger partial charge on any atom is -0.507 e. The largest absolute Gasteiger partial charge is 0.507 e. The van der Waals surface area contributed by atoms with Gasteiger partial charge in [0.1, 0.15) is 11.9 Å². The topological polar surface area (TPSA) is 109 Å². The molecule has 2 aromatic carbocycles. The monoisotopic (exact) mass is 532 g/mol. The first kappa shape index (κ1) is 23.7. The molecule has 2 N–H and O–H groups in total. The van der Waals surface area contributed by atoms with Gasteiger partial charge in [-0.1, -0.05) is 12.1 Å². The number of carbonyl (C=O) groups excluding carboxylic acids is 2. The first-order valence-corrected chi connectivity index (χ1v) is 14.0. The fourth-order valence-electron chi connectivity index (χ4n) is 8.53. The second kappa shape index (κ2) is 7.96. The highest BCUT2D eigenvalue weighted by Gasteiger charge is 2.74. The van der Waals surface area contributed by atoms with Crippen LogP contribution in [-0.4, -0.2) is 82.6 Å². The van der Waals surface area contributed by atoms with Crippen LogP contribution in [0.2, 0.25) is 0 Å². The van der Waals surface area contributed by atoms with Crippen LogP contribution in [0.15, 0.2) is 30.3 Å². The number of amides is 2. The molecule has 2 saturated carbocycles. The molecule has 1 saturated heterocycles. The van der Waals surface area contributed by atoms with Gasteiger partial charge in [0, 0.05) is 25.3 Å². The van der Waals surface area contributed by atoms with Crippen LogP contribution in [0, 0.1) is 5.92 Å². The number of ether oxygens (including phenoxy) is 3.